The maximum atomic E-state index is 11.7. The highest BCUT2D eigenvalue weighted by atomic mass is 16.5. The van der Waals surface area contributed by atoms with Gasteiger partial charge in [0.2, 0.25) is 0 Å². The summed E-state index contributed by atoms with van der Waals surface area (Å²) in [5.41, 5.74) is 0.552. The van der Waals surface area contributed by atoms with E-state index >= 15 is 0 Å². The van der Waals surface area contributed by atoms with Gasteiger partial charge in [-0.25, -0.2) is 0 Å². The van der Waals surface area contributed by atoms with E-state index in [2.05, 4.69) is 12.2 Å². The van der Waals surface area contributed by atoms with E-state index in [0.717, 1.165) is 6.42 Å². The summed E-state index contributed by atoms with van der Waals surface area (Å²) in [5, 5.41) is 2.61. The number of ether oxygens (including phenoxy) is 2. The number of unbranched alkanes of at least 4 members (excludes halogenated alkanes) is 6. The van der Waals surface area contributed by atoms with Crippen molar-refractivity contribution in [1.29, 1.82) is 0 Å². The molecule has 0 fully saturated rings. The zero-order chi connectivity index (χ0) is 16.2. The maximum absolute atomic E-state index is 11.7. The summed E-state index contributed by atoms with van der Waals surface area (Å²) in [6.45, 7) is 2.91. The Bertz CT molecular complexity index is 446. The minimum absolute atomic E-state index is 0.139. The molecule has 124 valence electrons. The zero-order valence-electron chi connectivity index (χ0n) is 14.1. The third kappa shape index (κ3) is 6.83. The predicted octanol–water partition coefficient (Wildman–Crippen LogP) is 4.18. The van der Waals surface area contributed by atoms with E-state index < -0.39 is 0 Å². The molecule has 0 saturated heterocycles. The Balaban J connectivity index is 2.37. The second kappa shape index (κ2) is 10.9. The van der Waals surface area contributed by atoms with Gasteiger partial charge in [0, 0.05) is 18.7 Å². The molecule has 22 heavy (non-hydrogen) atoms. The number of hydrogen-bond donors (Lipinski definition) is 1. The molecule has 0 heterocycles. The summed E-state index contributed by atoms with van der Waals surface area (Å²) in [5.74, 6) is 1.18. The van der Waals surface area contributed by atoms with Crippen LogP contribution in [0, 0.1) is 0 Å². The molecule has 0 aliphatic carbocycles. The molecule has 4 nitrogen and oxygen atoms in total. The first-order valence-corrected chi connectivity index (χ1v) is 8.25. The molecular formula is C18H29NO3. The second-order valence-corrected chi connectivity index (χ2v) is 5.45. The number of carbonyl (C=O) groups is 1. The third-order valence-electron chi connectivity index (χ3n) is 3.62. The molecule has 0 unspecified atom stereocenters. The largest absolute Gasteiger partial charge is 0.497 e. The fraction of sp³-hybridized carbons (Fsp3) is 0.611. The second-order valence-electron chi connectivity index (χ2n) is 5.45. The van der Waals surface area contributed by atoms with Gasteiger partial charge < -0.3 is 14.8 Å². The van der Waals surface area contributed by atoms with Crippen LogP contribution in [0.2, 0.25) is 0 Å². The number of benzene rings is 1. The van der Waals surface area contributed by atoms with Crippen LogP contribution in [0.25, 0.3) is 0 Å². The molecule has 1 rings (SSSR count). The van der Waals surface area contributed by atoms with Crippen LogP contribution in [0.3, 0.4) is 0 Å². The van der Waals surface area contributed by atoms with E-state index in [1.165, 1.54) is 38.5 Å². The van der Waals surface area contributed by atoms with Gasteiger partial charge in [-0.3, -0.25) is 4.79 Å². The Kier molecular flexibility index (Phi) is 9.12. The van der Waals surface area contributed by atoms with Crippen molar-refractivity contribution >= 4 is 5.91 Å². The summed E-state index contributed by atoms with van der Waals surface area (Å²) in [6, 6.07) is 5.27. The Hall–Kier alpha value is -1.71. The lowest BCUT2D eigenvalue weighted by molar-refractivity contribution is 0.0962. The number of nitrogens with one attached hydrogen (secondary N) is 1. The number of hydrogen-bond acceptors (Lipinski definition) is 3. The average Bonchev–Trinajstić information content (AvgIpc) is 2.56. The average molecular weight is 307 g/mol. The fourth-order valence-corrected chi connectivity index (χ4v) is 2.30. The Morgan fingerprint density at radius 3 is 2.27 bits per heavy atom. The summed E-state index contributed by atoms with van der Waals surface area (Å²) in [4.78, 5) is 11.7. The van der Waals surface area contributed by atoms with Crippen molar-refractivity contribution in [2.45, 2.75) is 51.9 Å². The van der Waals surface area contributed by atoms with Crippen molar-refractivity contribution in [3.63, 3.8) is 0 Å². The molecule has 1 aromatic carbocycles. The lowest BCUT2D eigenvalue weighted by Crippen LogP contribution is -2.17. The molecule has 0 aliphatic rings. The minimum atomic E-state index is -0.139. The highest BCUT2D eigenvalue weighted by Gasteiger charge is 2.08. The maximum Gasteiger partial charge on any atom is 0.251 e. The molecule has 0 saturated carbocycles. The first-order valence-electron chi connectivity index (χ1n) is 8.25. The van der Waals surface area contributed by atoms with Gasteiger partial charge in [0.15, 0.2) is 0 Å². The highest BCUT2D eigenvalue weighted by Crippen LogP contribution is 2.23. The molecule has 1 amide bonds. The van der Waals surface area contributed by atoms with E-state index in [1.807, 2.05) is 6.07 Å². The number of amides is 1. The van der Waals surface area contributed by atoms with Crippen molar-refractivity contribution in [2.75, 3.05) is 20.8 Å². The summed E-state index contributed by atoms with van der Waals surface area (Å²) < 4.78 is 11.0. The molecule has 1 aromatic rings. The third-order valence-corrected chi connectivity index (χ3v) is 3.62. The first kappa shape index (κ1) is 18.3. The molecule has 0 aromatic heterocycles. The van der Waals surface area contributed by atoms with Crippen LogP contribution in [0.5, 0.6) is 11.5 Å². The van der Waals surface area contributed by atoms with Crippen molar-refractivity contribution < 1.29 is 14.3 Å². The summed E-state index contributed by atoms with van der Waals surface area (Å²) in [6.07, 6.45) is 8.77. The van der Waals surface area contributed by atoms with Gasteiger partial charge in [-0.05, 0) is 18.6 Å². The zero-order valence-corrected chi connectivity index (χ0v) is 14.1. The van der Waals surface area contributed by atoms with Crippen molar-refractivity contribution in [3.05, 3.63) is 23.8 Å². The van der Waals surface area contributed by atoms with Gasteiger partial charge in [0.05, 0.1) is 13.7 Å². The standard InChI is InChI=1S/C18H29NO3/c1-4-5-6-7-8-9-10-11-22-17-13-15(18(20)19-2)12-16(14-17)21-3/h12-14H,4-11H2,1-3H3,(H,19,20). The van der Waals surface area contributed by atoms with Crippen molar-refractivity contribution in [2.24, 2.45) is 0 Å². The van der Waals surface area contributed by atoms with Crippen LogP contribution in [-0.4, -0.2) is 26.7 Å². The van der Waals surface area contributed by atoms with Crippen LogP contribution in [0.15, 0.2) is 18.2 Å². The molecule has 0 aliphatic heterocycles. The SMILES string of the molecule is CCCCCCCCCOc1cc(OC)cc(C(=O)NC)c1. The molecule has 0 bridgehead atoms. The molecule has 4 heteroatoms. The van der Waals surface area contributed by atoms with Gasteiger partial charge in [-0.15, -0.1) is 0 Å². The molecule has 0 spiro atoms. The molecule has 1 N–H and O–H groups in total. The van der Waals surface area contributed by atoms with Gasteiger partial charge in [-0.1, -0.05) is 45.4 Å². The Labute approximate surface area is 134 Å². The van der Waals surface area contributed by atoms with E-state index in [-0.39, 0.29) is 5.91 Å². The number of carbonyl (C=O) groups excluding carboxylic acids is 1. The van der Waals surface area contributed by atoms with Crippen molar-refractivity contribution in [1.82, 2.24) is 5.32 Å². The smallest absolute Gasteiger partial charge is 0.251 e. The summed E-state index contributed by atoms with van der Waals surface area (Å²) >= 11 is 0. The minimum Gasteiger partial charge on any atom is -0.497 e. The lowest BCUT2D eigenvalue weighted by Gasteiger charge is -2.10. The van der Waals surface area contributed by atoms with Gasteiger partial charge in [-0.2, -0.15) is 0 Å². The van der Waals surface area contributed by atoms with Gasteiger partial charge in [0.1, 0.15) is 11.5 Å². The molecular weight excluding hydrogens is 278 g/mol. The van der Waals surface area contributed by atoms with E-state index in [1.54, 1.807) is 26.3 Å². The molecule has 0 atom stereocenters. The van der Waals surface area contributed by atoms with Crippen LogP contribution in [-0.2, 0) is 0 Å². The van der Waals surface area contributed by atoms with Gasteiger partial charge >= 0.3 is 0 Å². The monoisotopic (exact) mass is 307 g/mol. The lowest BCUT2D eigenvalue weighted by atomic mass is 10.1. The fourth-order valence-electron chi connectivity index (χ4n) is 2.30. The normalized spacial score (nSPS) is 10.3. The first-order chi connectivity index (χ1) is 10.7. The number of rotatable bonds is 11. The highest BCUT2D eigenvalue weighted by molar-refractivity contribution is 5.94. The van der Waals surface area contributed by atoms with E-state index in [0.29, 0.717) is 23.7 Å². The van der Waals surface area contributed by atoms with Crippen LogP contribution >= 0.6 is 0 Å². The number of methoxy groups -OCH3 is 1. The van der Waals surface area contributed by atoms with Crippen molar-refractivity contribution in [3.8, 4) is 11.5 Å². The van der Waals surface area contributed by atoms with E-state index in [9.17, 15) is 4.79 Å². The Morgan fingerprint density at radius 1 is 1.00 bits per heavy atom. The molecule has 0 radical (unpaired) electrons. The van der Waals surface area contributed by atoms with Crippen LogP contribution < -0.4 is 14.8 Å². The van der Waals surface area contributed by atoms with Crippen LogP contribution in [0.4, 0.5) is 0 Å². The summed E-state index contributed by atoms with van der Waals surface area (Å²) in [7, 11) is 3.20. The quantitative estimate of drug-likeness (QED) is 0.624. The predicted molar refractivity (Wildman–Crippen MR) is 89.9 cm³/mol. The van der Waals surface area contributed by atoms with Gasteiger partial charge in [0.25, 0.3) is 5.91 Å². The Morgan fingerprint density at radius 2 is 1.64 bits per heavy atom. The van der Waals surface area contributed by atoms with Crippen LogP contribution in [0.1, 0.15) is 62.2 Å². The van der Waals surface area contributed by atoms with E-state index in [4.69, 9.17) is 9.47 Å². The topological polar surface area (TPSA) is 47.6 Å².